The van der Waals surface area contributed by atoms with Crippen LogP contribution in [0.25, 0.3) is 10.9 Å². The molecular formula is C22H24Cl5N3. The molecule has 0 spiro atoms. The summed E-state index contributed by atoms with van der Waals surface area (Å²) in [7, 11) is 0. The Morgan fingerprint density at radius 2 is 1.57 bits per heavy atom. The molecule has 3 aromatic rings. The van der Waals surface area contributed by atoms with Crippen LogP contribution < -0.4 is 10.6 Å². The average Bonchev–Trinajstić information content (AvgIpc) is 2.70. The summed E-state index contributed by atoms with van der Waals surface area (Å²) in [6.07, 6.45) is 6.40. The number of anilines is 1. The molecule has 0 radical (unpaired) electrons. The molecule has 0 saturated heterocycles. The Labute approximate surface area is 204 Å². The largest absolute Gasteiger partial charge is 0.382 e. The van der Waals surface area contributed by atoms with Crippen molar-refractivity contribution in [3.63, 3.8) is 0 Å². The molecular weight excluding hydrogens is 484 g/mol. The van der Waals surface area contributed by atoms with Gasteiger partial charge in [-0.1, -0.05) is 40.9 Å². The third-order valence-electron chi connectivity index (χ3n) is 5.37. The van der Waals surface area contributed by atoms with Gasteiger partial charge in [0.05, 0.1) is 15.6 Å². The summed E-state index contributed by atoms with van der Waals surface area (Å²) in [5, 5.41) is 10.4. The number of fused-ring (bicyclic) bond motifs is 1. The molecule has 4 rings (SSSR count). The van der Waals surface area contributed by atoms with Gasteiger partial charge >= 0.3 is 0 Å². The van der Waals surface area contributed by atoms with E-state index in [9.17, 15) is 0 Å². The maximum Gasteiger partial charge on any atom is 0.0737 e. The Hall–Kier alpha value is -0.940. The van der Waals surface area contributed by atoms with Crippen LogP contribution in [0.1, 0.15) is 31.2 Å². The van der Waals surface area contributed by atoms with Crippen LogP contribution in [0.15, 0.2) is 48.7 Å². The summed E-state index contributed by atoms with van der Waals surface area (Å²) in [4.78, 5) is 4.42. The van der Waals surface area contributed by atoms with E-state index < -0.39 is 0 Å². The van der Waals surface area contributed by atoms with E-state index in [0.29, 0.717) is 27.2 Å². The number of nitrogens with one attached hydrogen (secondary N) is 2. The maximum atomic E-state index is 6.10. The van der Waals surface area contributed by atoms with Crippen LogP contribution in [0.3, 0.4) is 0 Å². The summed E-state index contributed by atoms with van der Waals surface area (Å²) in [6.45, 7) is 0.815. The highest BCUT2D eigenvalue weighted by atomic mass is 35.5. The summed E-state index contributed by atoms with van der Waals surface area (Å²) in [5.74, 6) is 0. The van der Waals surface area contributed by atoms with Crippen molar-refractivity contribution in [2.75, 3.05) is 5.32 Å². The average molecular weight is 508 g/mol. The highest BCUT2D eigenvalue weighted by Crippen LogP contribution is 2.28. The van der Waals surface area contributed by atoms with Crippen molar-refractivity contribution >= 4 is 76.2 Å². The quantitative estimate of drug-likeness (QED) is 0.374. The SMILES string of the molecule is Cl.Cl.Clc1ccc2c(NC3CCC(NCc4ccc(Cl)c(Cl)c4)CC3)ccnc2c1. The number of benzene rings is 2. The van der Waals surface area contributed by atoms with Gasteiger partial charge in [0.1, 0.15) is 0 Å². The van der Waals surface area contributed by atoms with Crippen LogP contribution in [-0.2, 0) is 6.54 Å². The number of halogens is 5. The fourth-order valence-corrected chi connectivity index (χ4v) is 4.31. The minimum atomic E-state index is 0. The van der Waals surface area contributed by atoms with Gasteiger partial charge in [0.25, 0.3) is 0 Å². The molecule has 0 unspecified atom stereocenters. The lowest BCUT2D eigenvalue weighted by Gasteiger charge is -2.30. The van der Waals surface area contributed by atoms with E-state index in [2.05, 4.69) is 15.6 Å². The molecule has 30 heavy (non-hydrogen) atoms. The van der Waals surface area contributed by atoms with E-state index in [-0.39, 0.29) is 24.8 Å². The highest BCUT2D eigenvalue weighted by Gasteiger charge is 2.21. The lowest BCUT2D eigenvalue weighted by molar-refractivity contribution is 0.353. The zero-order valence-corrected chi connectivity index (χ0v) is 20.1. The number of rotatable bonds is 5. The van der Waals surface area contributed by atoms with E-state index in [1.165, 1.54) is 0 Å². The molecule has 0 amide bonds. The Balaban J connectivity index is 0.00000160. The molecule has 2 N–H and O–H groups in total. The molecule has 8 heteroatoms. The number of pyridine rings is 1. The molecule has 1 heterocycles. The van der Waals surface area contributed by atoms with E-state index >= 15 is 0 Å². The van der Waals surface area contributed by atoms with Crippen LogP contribution in [0.4, 0.5) is 5.69 Å². The first-order valence-corrected chi connectivity index (χ1v) is 10.7. The summed E-state index contributed by atoms with van der Waals surface area (Å²) in [6, 6.07) is 14.7. The molecule has 2 aromatic carbocycles. The lowest BCUT2D eigenvalue weighted by Crippen LogP contribution is -2.36. The molecule has 1 aliphatic carbocycles. The second-order valence-electron chi connectivity index (χ2n) is 7.34. The van der Waals surface area contributed by atoms with Crippen LogP contribution >= 0.6 is 59.6 Å². The molecule has 162 valence electrons. The first-order chi connectivity index (χ1) is 13.6. The molecule has 0 atom stereocenters. The Kier molecular flexibility index (Phi) is 9.80. The minimum Gasteiger partial charge on any atom is -0.382 e. The van der Waals surface area contributed by atoms with Gasteiger partial charge < -0.3 is 10.6 Å². The fraction of sp³-hybridized carbons (Fsp3) is 0.318. The molecule has 0 bridgehead atoms. The second-order valence-corrected chi connectivity index (χ2v) is 8.59. The topological polar surface area (TPSA) is 37.0 Å². The molecule has 1 fully saturated rings. The lowest BCUT2D eigenvalue weighted by atomic mass is 9.90. The second kappa shape index (κ2) is 11.6. The Bertz CT molecular complexity index is 974. The monoisotopic (exact) mass is 505 g/mol. The normalized spacial score (nSPS) is 18.4. The van der Waals surface area contributed by atoms with Crippen molar-refractivity contribution in [2.24, 2.45) is 0 Å². The first kappa shape index (κ1) is 25.3. The van der Waals surface area contributed by atoms with Crippen LogP contribution in [0.2, 0.25) is 15.1 Å². The molecule has 0 aliphatic heterocycles. The van der Waals surface area contributed by atoms with Gasteiger partial charge in [0.15, 0.2) is 0 Å². The van der Waals surface area contributed by atoms with Crippen molar-refractivity contribution in [1.29, 1.82) is 0 Å². The standard InChI is InChI=1S/C22H22Cl3N3.2ClH/c23-15-2-7-18-21(9-10-26-22(18)12-15)28-17-5-3-16(4-6-17)27-13-14-1-8-19(24)20(25)11-14;;/h1-2,7-12,16-17,27H,3-6,13H2,(H,26,28);2*1H. The number of aromatic nitrogens is 1. The van der Waals surface area contributed by atoms with Crippen molar-refractivity contribution in [3.8, 4) is 0 Å². The summed E-state index contributed by atoms with van der Waals surface area (Å²) < 4.78 is 0. The zero-order chi connectivity index (χ0) is 19.5. The molecule has 1 aromatic heterocycles. The molecule has 1 saturated carbocycles. The van der Waals surface area contributed by atoms with Crippen molar-refractivity contribution in [1.82, 2.24) is 10.3 Å². The Morgan fingerprint density at radius 1 is 0.833 bits per heavy atom. The Morgan fingerprint density at radius 3 is 2.30 bits per heavy atom. The van der Waals surface area contributed by atoms with E-state index in [1.54, 1.807) is 0 Å². The third-order valence-corrected chi connectivity index (χ3v) is 6.34. The maximum absolute atomic E-state index is 6.10. The zero-order valence-electron chi connectivity index (χ0n) is 16.2. The van der Waals surface area contributed by atoms with Gasteiger partial charge in [-0.05, 0) is 67.6 Å². The van der Waals surface area contributed by atoms with Gasteiger partial charge in [-0.2, -0.15) is 0 Å². The number of nitrogens with zero attached hydrogens (tertiary/aromatic N) is 1. The number of hydrogen-bond donors (Lipinski definition) is 2. The smallest absolute Gasteiger partial charge is 0.0737 e. The number of hydrogen-bond acceptors (Lipinski definition) is 3. The van der Waals surface area contributed by atoms with E-state index in [4.69, 9.17) is 34.8 Å². The fourth-order valence-electron chi connectivity index (χ4n) is 3.82. The van der Waals surface area contributed by atoms with E-state index in [0.717, 1.165) is 54.4 Å². The molecule has 3 nitrogen and oxygen atoms in total. The predicted molar refractivity (Wildman–Crippen MR) is 134 cm³/mol. The van der Waals surface area contributed by atoms with Gasteiger partial charge in [-0.15, -0.1) is 24.8 Å². The molecule has 1 aliphatic rings. The van der Waals surface area contributed by atoms with Gasteiger partial charge in [-0.3, -0.25) is 4.98 Å². The van der Waals surface area contributed by atoms with Crippen molar-refractivity contribution < 1.29 is 0 Å². The first-order valence-electron chi connectivity index (χ1n) is 9.56. The third kappa shape index (κ3) is 6.29. The summed E-state index contributed by atoms with van der Waals surface area (Å²) in [5.41, 5.74) is 3.22. The minimum absolute atomic E-state index is 0. The summed E-state index contributed by atoms with van der Waals surface area (Å²) >= 11 is 18.2. The van der Waals surface area contributed by atoms with Crippen LogP contribution in [0.5, 0.6) is 0 Å². The van der Waals surface area contributed by atoms with Crippen molar-refractivity contribution in [3.05, 3.63) is 69.3 Å². The van der Waals surface area contributed by atoms with Crippen LogP contribution in [0, 0.1) is 0 Å². The van der Waals surface area contributed by atoms with Crippen LogP contribution in [-0.4, -0.2) is 17.1 Å². The van der Waals surface area contributed by atoms with Gasteiger partial charge in [-0.25, -0.2) is 0 Å². The van der Waals surface area contributed by atoms with Gasteiger partial charge in [0.2, 0.25) is 0 Å². The van der Waals surface area contributed by atoms with Crippen molar-refractivity contribution in [2.45, 2.75) is 44.3 Å². The van der Waals surface area contributed by atoms with Gasteiger partial charge in [0, 0.05) is 40.9 Å². The van der Waals surface area contributed by atoms with E-state index in [1.807, 2.05) is 48.7 Å². The highest BCUT2D eigenvalue weighted by molar-refractivity contribution is 6.42. The predicted octanol–water partition coefficient (Wildman–Crippen LogP) is 7.55.